The van der Waals surface area contributed by atoms with E-state index in [0.717, 1.165) is 18.4 Å². The lowest BCUT2D eigenvalue weighted by atomic mass is 9.90. The van der Waals surface area contributed by atoms with Gasteiger partial charge in [-0.1, -0.05) is 42.5 Å². The number of aryl methyl sites for hydroxylation is 1. The van der Waals surface area contributed by atoms with Crippen molar-refractivity contribution in [3.63, 3.8) is 0 Å². The van der Waals surface area contributed by atoms with Crippen LogP contribution in [0.5, 0.6) is 0 Å². The summed E-state index contributed by atoms with van der Waals surface area (Å²) in [5.41, 5.74) is 4.68. The first-order valence-electron chi connectivity index (χ1n) is 7.26. The molecule has 1 unspecified atom stereocenters. The molecular weight excluding hydrogens is 262 g/mol. The maximum atomic E-state index is 10.8. The molecule has 0 spiro atoms. The minimum atomic E-state index is -0.777. The zero-order chi connectivity index (χ0) is 14.8. The molecule has 1 atom stereocenters. The Kier molecular flexibility index (Phi) is 3.65. The van der Waals surface area contributed by atoms with Crippen LogP contribution in [0.2, 0.25) is 0 Å². The van der Waals surface area contributed by atoms with Gasteiger partial charge in [-0.15, -0.1) is 0 Å². The third-order valence-corrected chi connectivity index (χ3v) is 4.22. The second kappa shape index (κ2) is 5.60. The van der Waals surface area contributed by atoms with Crippen molar-refractivity contribution in [2.24, 2.45) is 0 Å². The summed E-state index contributed by atoms with van der Waals surface area (Å²) in [4.78, 5) is 13.1. The maximum absolute atomic E-state index is 10.8. The molecule has 0 saturated heterocycles. The van der Waals surface area contributed by atoms with Gasteiger partial charge in [-0.2, -0.15) is 0 Å². The Morgan fingerprint density at radius 2 is 2.00 bits per heavy atom. The van der Waals surface area contributed by atoms with Crippen LogP contribution in [0.1, 0.15) is 29.2 Å². The highest BCUT2D eigenvalue weighted by atomic mass is 16.4. The fourth-order valence-electron chi connectivity index (χ4n) is 3.19. The first-order valence-corrected chi connectivity index (χ1v) is 7.26. The Labute approximate surface area is 124 Å². The van der Waals surface area contributed by atoms with Crippen LogP contribution >= 0.6 is 0 Å². The molecule has 1 N–H and O–H groups in total. The van der Waals surface area contributed by atoms with Crippen LogP contribution in [0.4, 0.5) is 5.69 Å². The van der Waals surface area contributed by atoms with Crippen molar-refractivity contribution in [1.29, 1.82) is 0 Å². The fourth-order valence-corrected chi connectivity index (χ4v) is 3.19. The van der Waals surface area contributed by atoms with Crippen molar-refractivity contribution in [3.8, 4) is 0 Å². The van der Waals surface area contributed by atoms with E-state index in [2.05, 4.69) is 42.3 Å². The number of benzene rings is 2. The van der Waals surface area contributed by atoms with Crippen molar-refractivity contribution in [2.75, 3.05) is 11.9 Å². The Morgan fingerprint density at radius 3 is 2.71 bits per heavy atom. The van der Waals surface area contributed by atoms with E-state index in [0.29, 0.717) is 6.04 Å². The molecule has 1 aliphatic heterocycles. The number of aliphatic carboxylic acids is 1. The lowest BCUT2D eigenvalue weighted by molar-refractivity contribution is -0.136. The predicted molar refractivity (Wildman–Crippen MR) is 83.7 cm³/mol. The highest BCUT2D eigenvalue weighted by molar-refractivity contribution is 5.71. The number of carbonyl (C=O) groups is 1. The van der Waals surface area contributed by atoms with E-state index in [1.54, 1.807) is 0 Å². The van der Waals surface area contributed by atoms with Gasteiger partial charge in [-0.25, -0.2) is 0 Å². The molecule has 0 bridgehead atoms. The topological polar surface area (TPSA) is 40.5 Å². The Balaban J connectivity index is 1.89. The maximum Gasteiger partial charge on any atom is 0.307 e. The summed E-state index contributed by atoms with van der Waals surface area (Å²) >= 11 is 0. The van der Waals surface area contributed by atoms with Gasteiger partial charge in [-0.3, -0.25) is 4.79 Å². The molecule has 3 nitrogen and oxygen atoms in total. The zero-order valence-electron chi connectivity index (χ0n) is 12.1. The van der Waals surface area contributed by atoms with Crippen molar-refractivity contribution in [2.45, 2.75) is 25.3 Å². The van der Waals surface area contributed by atoms with Crippen LogP contribution in [0.15, 0.2) is 48.5 Å². The van der Waals surface area contributed by atoms with Crippen LogP contribution in [0.3, 0.4) is 0 Å². The van der Waals surface area contributed by atoms with Crippen LogP contribution in [0.25, 0.3) is 0 Å². The van der Waals surface area contributed by atoms with E-state index in [4.69, 9.17) is 5.11 Å². The number of carboxylic acids is 1. The molecular formula is C18H19NO2. The van der Waals surface area contributed by atoms with Gasteiger partial charge in [0.1, 0.15) is 0 Å². The lowest BCUT2D eigenvalue weighted by Crippen LogP contribution is -2.29. The van der Waals surface area contributed by atoms with Crippen LogP contribution in [-0.2, 0) is 17.6 Å². The number of hydrogen-bond donors (Lipinski definition) is 1. The summed E-state index contributed by atoms with van der Waals surface area (Å²) in [7, 11) is 2.12. The highest BCUT2D eigenvalue weighted by Gasteiger charge is 2.24. The largest absolute Gasteiger partial charge is 0.481 e. The van der Waals surface area contributed by atoms with Gasteiger partial charge in [0, 0.05) is 12.7 Å². The number of rotatable bonds is 3. The summed E-state index contributed by atoms with van der Waals surface area (Å²) < 4.78 is 0. The van der Waals surface area contributed by atoms with Gasteiger partial charge in [0.15, 0.2) is 0 Å². The summed E-state index contributed by atoms with van der Waals surface area (Å²) in [5.74, 6) is -0.777. The summed E-state index contributed by atoms with van der Waals surface area (Å²) in [6.07, 6.45) is 2.15. The number of hydrogen-bond acceptors (Lipinski definition) is 2. The molecule has 3 heteroatoms. The van der Waals surface area contributed by atoms with E-state index in [1.807, 2.05) is 18.2 Å². The van der Waals surface area contributed by atoms with E-state index in [9.17, 15) is 4.79 Å². The summed E-state index contributed by atoms with van der Waals surface area (Å²) in [6, 6.07) is 17.0. The van der Waals surface area contributed by atoms with E-state index in [1.165, 1.54) is 16.8 Å². The average molecular weight is 281 g/mol. The molecule has 21 heavy (non-hydrogen) atoms. The quantitative estimate of drug-likeness (QED) is 0.937. The smallest absolute Gasteiger partial charge is 0.307 e. The third kappa shape index (κ3) is 2.77. The molecule has 0 aliphatic carbocycles. The van der Waals surface area contributed by atoms with Gasteiger partial charge in [-0.05, 0) is 35.6 Å². The van der Waals surface area contributed by atoms with Gasteiger partial charge >= 0.3 is 5.97 Å². The highest BCUT2D eigenvalue weighted by Crippen LogP contribution is 2.37. The normalized spacial score (nSPS) is 17.4. The molecule has 0 amide bonds. The molecule has 1 aliphatic rings. The minimum absolute atomic E-state index is 0.0963. The first-order chi connectivity index (χ1) is 10.1. The minimum Gasteiger partial charge on any atom is -0.481 e. The molecule has 2 aromatic carbocycles. The van der Waals surface area contributed by atoms with Gasteiger partial charge in [0.05, 0.1) is 12.5 Å². The van der Waals surface area contributed by atoms with Gasteiger partial charge < -0.3 is 10.0 Å². The number of carboxylic acid groups (broad SMARTS) is 1. The first kappa shape index (κ1) is 13.7. The second-order valence-electron chi connectivity index (χ2n) is 5.61. The summed E-state index contributed by atoms with van der Waals surface area (Å²) in [5, 5.41) is 8.90. The molecule has 0 fully saturated rings. The van der Waals surface area contributed by atoms with E-state index in [-0.39, 0.29) is 6.42 Å². The number of nitrogens with zero attached hydrogens (tertiary/aromatic N) is 1. The molecule has 0 aromatic heterocycles. The van der Waals surface area contributed by atoms with E-state index >= 15 is 0 Å². The van der Waals surface area contributed by atoms with Gasteiger partial charge in [0.25, 0.3) is 0 Å². The van der Waals surface area contributed by atoms with Crippen molar-refractivity contribution < 1.29 is 9.90 Å². The fraction of sp³-hybridized carbons (Fsp3) is 0.278. The number of fused-ring (bicyclic) bond motifs is 1. The van der Waals surface area contributed by atoms with Gasteiger partial charge in [0.2, 0.25) is 0 Å². The Morgan fingerprint density at radius 1 is 1.24 bits per heavy atom. The second-order valence-corrected chi connectivity index (χ2v) is 5.61. The SMILES string of the molecule is CN1c2ccc(CC(=O)O)cc2CCC1c1ccccc1. The van der Waals surface area contributed by atoms with Crippen molar-refractivity contribution in [3.05, 3.63) is 65.2 Å². The molecule has 108 valence electrons. The molecule has 0 saturated carbocycles. The molecule has 0 radical (unpaired) electrons. The Hall–Kier alpha value is -2.29. The standard InChI is InChI=1S/C18H19NO2/c1-19-16(14-5-3-2-4-6-14)10-8-15-11-13(12-18(20)21)7-9-17(15)19/h2-7,9,11,16H,8,10,12H2,1H3,(H,20,21). The van der Waals surface area contributed by atoms with Crippen molar-refractivity contribution >= 4 is 11.7 Å². The Bertz CT molecular complexity index is 652. The summed E-state index contributed by atoms with van der Waals surface area (Å²) in [6.45, 7) is 0. The molecule has 2 aromatic rings. The van der Waals surface area contributed by atoms with Crippen LogP contribution < -0.4 is 4.90 Å². The van der Waals surface area contributed by atoms with Crippen molar-refractivity contribution in [1.82, 2.24) is 0 Å². The lowest BCUT2D eigenvalue weighted by Gasteiger charge is -2.36. The van der Waals surface area contributed by atoms with Crippen LogP contribution in [-0.4, -0.2) is 18.1 Å². The molecule has 1 heterocycles. The zero-order valence-corrected chi connectivity index (χ0v) is 12.1. The third-order valence-electron chi connectivity index (χ3n) is 4.22. The van der Waals surface area contributed by atoms with Crippen LogP contribution in [0, 0.1) is 0 Å². The average Bonchev–Trinajstić information content (AvgIpc) is 2.48. The number of anilines is 1. The molecule has 3 rings (SSSR count). The monoisotopic (exact) mass is 281 g/mol. The predicted octanol–water partition coefficient (Wildman–Crippen LogP) is 3.44. The van der Waals surface area contributed by atoms with E-state index < -0.39 is 5.97 Å².